The molecule has 1 aromatic heterocycles. The quantitative estimate of drug-likeness (QED) is 0.573. The van der Waals surface area contributed by atoms with Gasteiger partial charge in [-0.3, -0.25) is 9.59 Å². The Balaban J connectivity index is 1.53. The van der Waals surface area contributed by atoms with Crippen LogP contribution in [0, 0.1) is 0 Å². The topological polar surface area (TPSA) is 71.1 Å². The predicted octanol–water partition coefficient (Wildman–Crippen LogP) is 4.65. The van der Waals surface area contributed by atoms with E-state index in [1.165, 1.54) is 13.1 Å². The standard InChI is InChI=1S/C22H20ClN3O2/c1-15(27)17-5-8-20(9-6-17)26-21-10-7-18(14-25-21)22(28)24-12-11-16-3-2-4-19(23)13-16/h2-10,13-14H,11-12H2,1H3,(H,24,28)(H,25,26). The summed E-state index contributed by atoms with van der Waals surface area (Å²) in [5.74, 6) is 0.466. The Morgan fingerprint density at radius 2 is 1.75 bits per heavy atom. The highest BCUT2D eigenvalue weighted by atomic mass is 35.5. The minimum atomic E-state index is -0.174. The van der Waals surface area contributed by atoms with E-state index in [2.05, 4.69) is 15.6 Å². The first kappa shape index (κ1) is 19.6. The molecule has 142 valence electrons. The number of benzene rings is 2. The zero-order valence-corrected chi connectivity index (χ0v) is 16.2. The predicted molar refractivity (Wildman–Crippen MR) is 111 cm³/mol. The molecule has 1 heterocycles. The second-order valence-electron chi connectivity index (χ2n) is 6.33. The number of hydrogen-bond donors (Lipinski definition) is 2. The zero-order chi connectivity index (χ0) is 19.9. The fourth-order valence-corrected chi connectivity index (χ4v) is 2.87. The number of nitrogens with one attached hydrogen (secondary N) is 2. The molecule has 6 heteroatoms. The van der Waals surface area contributed by atoms with Crippen molar-refractivity contribution in [2.75, 3.05) is 11.9 Å². The van der Waals surface area contributed by atoms with Gasteiger partial charge in [-0.2, -0.15) is 0 Å². The van der Waals surface area contributed by atoms with Crippen LogP contribution in [-0.4, -0.2) is 23.2 Å². The van der Waals surface area contributed by atoms with Crippen LogP contribution in [0.3, 0.4) is 0 Å². The normalized spacial score (nSPS) is 10.4. The highest BCUT2D eigenvalue weighted by molar-refractivity contribution is 6.30. The third kappa shape index (κ3) is 5.41. The fourth-order valence-electron chi connectivity index (χ4n) is 2.65. The lowest BCUT2D eigenvalue weighted by molar-refractivity contribution is 0.0952. The molecule has 2 aromatic carbocycles. The number of aromatic nitrogens is 1. The summed E-state index contributed by atoms with van der Waals surface area (Å²) in [6.45, 7) is 2.05. The molecule has 0 fully saturated rings. The van der Waals surface area contributed by atoms with Crippen LogP contribution >= 0.6 is 11.6 Å². The van der Waals surface area contributed by atoms with Gasteiger partial charge in [-0.05, 0) is 67.4 Å². The van der Waals surface area contributed by atoms with Crippen LogP contribution in [0.25, 0.3) is 0 Å². The summed E-state index contributed by atoms with van der Waals surface area (Å²) in [6, 6.07) is 18.2. The van der Waals surface area contributed by atoms with Crippen LogP contribution in [0.15, 0.2) is 66.9 Å². The molecule has 0 bridgehead atoms. The van der Waals surface area contributed by atoms with Crippen molar-refractivity contribution in [2.24, 2.45) is 0 Å². The van der Waals surface area contributed by atoms with Gasteiger partial charge in [0.05, 0.1) is 5.56 Å². The van der Waals surface area contributed by atoms with E-state index in [1.807, 2.05) is 36.4 Å². The van der Waals surface area contributed by atoms with Crippen molar-refractivity contribution >= 4 is 34.8 Å². The Morgan fingerprint density at radius 3 is 2.39 bits per heavy atom. The summed E-state index contributed by atoms with van der Waals surface area (Å²) in [5.41, 5.74) is 3.03. The van der Waals surface area contributed by atoms with Crippen LogP contribution in [0.2, 0.25) is 5.02 Å². The Labute approximate surface area is 168 Å². The molecule has 0 saturated carbocycles. The van der Waals surface area contributed by atoms with Crippen molar-refractivity contribution in [2.45, 2.75) is 13.3 Å². The molecular weight excluding hydrogens is 374 g/mol. The van der Waals surface area contributed by atoms with E-state index in [1.54, 1.807) is 24.3 Å². The summed E-state index contributed by atoms with van der Waals surface area (Å²) in [7, 11) is 0. The van der Waals surface area contributed by atoms with E-state index in [9.17, 15) is 9.59 Å². The summed E-state index contributed by atoms with van der Waals surface area (Å²) >= 11 is 5.96. The third-order valence-corrected chi connectivity index (χ3v) is 4.41. The number of carbonyl (C=O) groups excluding carboxylic acids is 2. The van der Waals surface area contributed by atoms with Crippen molar-refractivity contribution < 1.29 is 9.59 Å². The molecule has 0 radical (unpaired) electrons. The number of ketones is 1. The number of amides is 1. The van der Waals surface area contributed by atoms with Crippen molar-refractivity contribution in [3.8, 4) is 0 Å². The highest BCUT2D eigenvalue weighted by Gasteiger charge is 2.06. The molecule has 0 spiro atoms. The van der Waals surface area contributed by atoms with Gasteiger partial charge in [-0.25, -0.2) is 4.98 Å². The second-order valence-corrected chi connectivity index (χ2v) is 6.76. The van der Waals surface area contributed by atoms with E-state index < -0.39 is 0 Å². The Morgan fingerprint density at radius 1 is 1.00 bits per heavy atom. The smallest absolute Gasteiger partial charge is 0.252 e. The van der Waals surface area contributed by atoms with Gasteiger partial charge in [0.2, 0.25) is 0 Å². The number of Topliss-reactive ketones (excluding diaryl/α,β-unsaturated/α-hetero) is 1. The monoisotopic (exact) mass is 393 g/mol. The van der Waals surface area contributed by atoms with E-state index in [0.29, 0.717) is 34.9 Å². The second kappa shape index (κ2) is 9.15. The van der Waals surface area contributed by atoms with E-state index in [4.69, 9.17) is 11.6 Å². The van der Waals surface area contributed by atoms with Crippen LogP contribution in [-0.2, 0) is 6.42 Å². The Kier molecular flexibility index (Phi) is 6.40. The largest absolute Gasteiger partial charge is 0.352 e. The summed E-state index contributed by atoms with van der Waals surface area (Å²) in [5, 5.41) is 6.71. The molecule has 2 N–H and O–H groups in total. The van der Waals surface area contributed by atoms with E-state index in [-0.39, 0.29) is 11.7 Å². The number of carbonyl (C=O) groups is 2. The Hall–Kier alpha value is -3.18. The average Bonchev–Trinajstić information content (AvgIpc) is 2.69. The maximum atomic E-state index is 12.2. The Bertz CT molecular complexity index is 970. The molecule has 1 amide bonds. The number of rotatable bonds is 7. The van der Waals surface area contributed by atoms with E-state index in [0.717, 1.165) is 11.3 Å². The van der Waals surface area contributed by atoms with Gasteiger partial charge < -0.3 is 10.6 Å². The maximum Gasteiger partial charge on any atom is 0.252 e. The number of pyridine rings is 1. The summed E-state index contributed by atoms with van der Waals surface area (Å²) in [6.07, 6.45) is 2.23. The van der Waals surface area contributed by atoms with Crippen molar-refractivity contribution in [1.29, 1.82) is 0 Å². The van der Waals surface area contributed by atoms with E-state index >= 15 is 0 Å². The summed E-state index contributed by atoms with van der Waals surface area (Å²) < 4.78 is 0. The van der Waals surface area contributed by atoms with Crippen molar-refractivity contribution in [3.05, 3.63) is 88.6 Å². The van der Waals surface area contributed by atoms with Gasteiger partial charge in [0.25, 0.3) is 5.91 Å². The van der Waals surface area contributed by atoms with Crippen LogP contribution in [0.1, 0.15) is 33.2 Å². The first-order valence-corrected chi connectivity index (χ1v) is 9.26. The van der Waals surface area contributed by atoms with Gasteiger partial charge in [0.1, 0.15) is 5.82 Å². The minimum absolute atomic E-state index is 0.0235. The lowest BCUT2D eigenvalue weighted by Gasteiger charge is -2.08. The highest BCUT2D eigenvalue weighted by Crippen LogP contribution is 2.16. The minimum Gasteiger partial charge on any atom is -0.352 e. The van der Waals surface area contributed by atoms with Gasteiger partial charge in [0.15, 0.2) is 5.78 Å². The molecule has 0 atom stereocenters. The lowest BCUT2D eigenvalue weighted by atomic mass is 10.1. The first-order valence-electron chi connectivity index (χ1n) is 8.88. The van der Waals surface area contributed by atoms with Gasteiger partial charge >= 0.3 is 0 Å². The number of halogens is 1. The SMILES string of the molecule is CC(=O)c1ccc(Nc2ccc(C(=O)NCCc3cccc(Cl)c3)cn2)cc1. The lowest BCUT2D eigenvalue weighted by Crippen LogP contribution is -2.25. The maximum absolute atomic E-state index is 12.2. The fraction of sp³-hybridized carbons (Fsp3) is 0.136. The molecule has 5 nitrogen and oxygen atoms in total. The number of nitrogens with zero attached hydrogens (tertiary/aromatic N) is 1. The first-order chi connectivity index (χ1) is 13.5. The zero-order valence-electron chi connectivity index (χ0n) is 15.4. The molecule has 0 aliphatic rings. The molecule has 0 aliphatic heterocycles. The molecule has 3 aromatic rings. The number of anilines is 2. The molecule has 0 unspecified atom stereocenters. The van der Waals surface area contributed by atoms with Gasteiger partial charge in [-0.1, -0.05) is 23.7 Å². The van der Waals surface area contributed by atoms with Crippen LogP contribution < -0.4 is 10.6 Å². The molecule has 0 saturated heterocycles. The molecule has 28 heavy (non-hydrogen) atoms. The average molecular weight is 394 g/mol. The number of hydrogen-bond acceptors (Lipinski definition) is 4. The molecular formula is C22H20ClN3O2. The summed E-state index contributed by atoms with van der Waals surface area (Å²) in [4.78, 5) is 27.8. The van der Waals surface area contributed by atoms with Crippen molar-refractivity contribution in [1.82, 2.24) is 10.3 Å². The van der Waals surface area contributed by atoms with Crippen LogP contribution in [0.5, 0.6) is 0 Å². The van der Waals surface area contributed by atoms with Gasteiger partial charge in [-0.15, -0.1) is 0 Å². The third-order valence-electron chi connectivity index (χ3n) is 4.18. The van der Waals surface area contributed by atoms with Gasteiger partial charge in [0, 0.05) is 29.0 Å². The molecule has 3 rings (SSSR count). The molecule has 0 aliphatic carbocycles. The van der Waals surface area contributed by atoms with Crippen molar-refractivity contribution in [3.63, 3.8) is 0 Å². The van der Waals surface area contributed by atoms with Crippen LogP contribution in [0.4, 0.5) is 11.5 Å².